The van der Waals surface area contributed by atoms with E-state index >= 15 is 0 Å². The van der Waals surface area contributed by atoms with Crippen LogP contribution in [0.4, 0.5) is 11.4 Å². The Morgan fingerprint density at radius 3 is 2.24 bits per heavy atom. The first-order chi connectivity index (χ1) is 10.0. The first kappa shape index (κ1) is 15.5. The molecule has 0 bridgehead atoms. The van der Waals surface area contributed by atoms with Crippen molar-refractivity contribution in [3.63, 3.8) is 0 Å². The predicted octanol–water partition coefficient (Wildman–Crippen LogP) is 4.07. The standard InChI is InChI=1S/C15H12BrClN2O2/c16-10-5-7-11(8-6-10)18-14(20)9-15(21)19-13-4-2-1-3-12(13)17/h1-8H,9H2,(H,18,20)(H,19,21). The number of nitrogens with one attached hydrogen (secondary N) is 2. The summed E-state index contributed by atoms with van der Waals surface area (Å²) >= 11 is 9.24. The highest BCUT2D eigenvalue weighted by Gasteiger charge is 2.11. The number of benzene rings is 2. The molecule has 108 valence electrons. The summed E-state index contributed by atoms with van der Waals surface area (Å²) in [6.07, 6.45) is -0.277. The van der Waals surface area contributed by atoms with Crippen molar-refractivity contribution in [1.29, 1.82) is 0 Å². The Bertz CT molecular complexity index is 659. The molecule has 4 nitrogen and oxygen atoms in total. The largest absolute Gasteiger partial charge is 0.326 e. The van der Waals surface area contributed by atoms with Gasteiger partial charge in [0.2, 0.25) is 11.8 Å². The van der Waals surface area contributed by atoms with Gasteiger partial charge in [0.25, 0.3) is 0 Å². The Kier molecular flexibility index (Phi) is 5.36. The maximum absolute atomic E-state index is 11.8. The van der Waals surface area contributed by atoms with Gasteiger partial charge in [-0.25, -0.2) is 0 Å². The molecule has 2 rings (SSSR count). The van der Waals surface area contributed by atoms with Crippen molar-refractivity contribution in [3.8, 4) is 0 Å². The Morgan fingerprint density at radius 2 is 1.57 bits per heavy atom. The molecule has 0 saturated carbocycles. The lowest BCUT2D eigenvalue weighted by Gasteiger charge is -2.08. The molecule has 0 unspecified atom stereocenters. The monoisotopic (exact) mass is 366 g/mol. The van der Waals surface area contributed by atoms with E-state index in [1.54, 1.807) is 48.5 Å². The molecular formula is C15H12BrClN2O2. The van der Waals surface area contributed by atoms with E-state index in [9.17, 15) is 9.59 Å². The van der Waals surface area contributed by atoms with Gasteiger partial charge in [-0.2, -0.15) is 0 Å². The molecule has 6 heteroatoms. The molecule has 0 saturated heterocycles. The van der Waals surface area contributed by atoms with Crippen LogP contribution in [0, 0.1) is 0 Å². The zero-order valence-electron chi connectivity index (χ0n) is 10.9. The molecule has 2 amide bonds. The number of halogens is 2. The third kappa shape index (κ3) is 4.88. The number of para-hydroxylation sites is 1. The van der Waals surface area contributed by atoms with E-state index in [-0.39, 0.29) is 12.3 Å². The summed E-state index contributed by atoms with van der Waals surface area (Å²) in [5, 5.41) is 5.67. The second-order valence-corrected chi connectivity index (χ2v) is 5.58. The molecule has 0 radical (unpaired) electrons. The zero-order valence-corrected chi connectivity index (χ0v) is 13.2. The first-order valence-corrected chi connectivity index (χ1v) is 7.31. The van der Waals surface area contributed by atoms with Crippen molar-refractivity contribution in [2.24, 2.45) is 0 Å². The number of amides is 2. The summed E-state index contributed by atoms with van der Waals surface area (Å²) in [5.74, 6) is -0.806. The summed E-state index contributed by atoms with van der Waals surface area (Å²) in [6, 6.07) is 14.0. The van der Waals surface area contributed by atoms with Gasteiger partial charge < -0.3 is 10.6 Å². The molecule has 0 atom stereocenters. The van der Waals surface area contributed by atoms with Crippen LogP contribution in [0.1, 0.15) is 6.42 Å². The van der Waals surface area contributed by atoms with Crippen LogP contribution >= 0.6 is 27.5 Å². The van der Waals surface area contributed by atoms with E-state index in [0.717, 1.165) is 4.47 Å². The van der Waals surface area contributed by atoms with E-state index in [1.807, 2.05) is 0 Å². The van der Waals surface area contributed by atoms with Gasteiger partial charge in [-0.05, 0) is 36.4 Å². The minimum Gasteiger partial charge on any atom is -0.326 e. The molecule has 2 N–H and O–H groups in total. The fourth-order valence-corrected chi connectivity index (χ4v) is 2.09. The van der Waals surface area contributed by atoms with Crippen LogP contribution in [0.5, 0.6) is 0 Å². The van der Waals surface area contributed by atoms with E-state index in [4.69, 9.17) is 11.6 Å². The van der Waals surface area contributed by atoms with Gasteiger partial charge >= 0.3 is 0 Å². The second kappa shape index (κ2) is 7.24. The molecule has 0 aliphatic carbocycles. The fraction of sp³-hybridized carbons (Fsp3) is 0.0667. The zero-order chi connectivity index (χ0) is 15.2. The summed E-state index contributed by atoms with van der Waals surface area (Å²) in [6.45, 7) is 0. The highest BCUT2D eigenvalue weighted by Crippen LogP contribution is 2.20. The van der Waals surface area contributed by atoms with Gasteiger partial charge in [-0.1, -0.05) is 39.7 Å². The lowest BCUT2D eigenvalue weighted by Crippen LogP contribution is -2.21. The fourth-order valence-electron chi connectivity index (χ4n) is 1.64. The van der Waals surface area contributed by atoms with Gasteiger partial charge in [0, 0.05) is 10.2 Å². The van der Waals surface area contributed by atoms with Crippen LogP contribution in [0.25, 0.3) is 0 Å². The SMILES string of the molecule is O=C(CC(=O)Nc1ccccc1Cl)Nc1ccc(Br)cc1. The van der Waals surface area contributed by atoms with E-state index in [0.29, 0.717) is 16.4 Å². The Balaban J connectivity index is 1.89. The molecular weight excluding hydrogens is 356 g/mol. The number of carbonyl (C=O) groups excluding carboxylic acids is 2. The highest BCUT2D eigenvalue weighted by atomic mass is 79.9. The first-order valence-electron chi connectivity index (χ1n) is 6.14. The predicted molar refractivity (Wildman–Crippen MR) is 87.5 cm³/mol. The van der Waals surface area contributed by atoms with Crippen molar-refractivity contribution in [2.75, 3.05) is 10.6 Å². The average molecular weight is 368 g/mol. The van der Waals surface area contributed by atoms with E-state index in [1.165, 1.54) is 0 Å². The topological polar surface area (TPSA) is 58.2 Å². The van der Waals surface area contributed by atoms with E-state index < -0.39 is 5.91 Å². The summed E-state index contributed by atoms with van der Waals surface area (Å²) in [7, 11) is 0. The Morgan fingerprint density at radius 1 is 0.952 bits per heavy atom. The van der Waals surface area contributed by atoms with Crippen molar-refractivity contribution in [2.45, 2.75) is 6.42 Å². The van der Waals surface area contributed by atoms with Crippen LogP contribution in [0.15, 0.2) is 53.0 Å². The Hall–Kier alpha value is -1.85. The number of carbonyl (C=O) groups is 2. The third-order valence-electron chi connectivity index (χ3n) is 2.60. The maximum Gasteiger partial charge on any atom is 0.233 e. The van der Waals surface area contributed by atoms with Gasteiger partial charge in [0.1, 0.15) is 6.42 Å². The second-order valence-electron chi connectivity index (χ2n) is 4.26. The van der Waals surface area contributed by atoms with Crippen molar-refractivity contribution in [3.05, 3.63) is 58.0 Å². The minimum atomic E-state index is -0.419. The lowest BCUT2D eigenvalue weighted by atomic mass is 10.3. The summed E-state index contributed by atoms with van der Waals surface area (Å²) in [5.41, 5.74) is 1.12. The summed E-state index contributed by atoms with van der Waals surface area (Å²) in [4.78, 5) is 23.5. The summed E-state index contributed by atoms with van der Waals surface area (Å²) < 4.78 is 0.914. The number of hydrogen-bond donors (Lipinski definition) is 2. The molecule has 2 aromatic rings. The minimum absolute atomic E-state index is 0.277. The van der Waals surface area contributed by atoms with Gasteiger partial charge in [0.15, 0.2) is 0 Å². The lowest BCUT2D eigenvalue weighted by molar-refractivity contribution is -0.123. The normalized spacial score (nSPS) is 10.0. The molecule has 0 aliphatic rings. The van der Waals surface area contributed by atoms with Crippen LogP contribution in [-0.4, -0.2) is 11.8 Å². The van der Waals surface area contributed by atoms with Gasteiger partial charge in [-0.3, -0.25) is 9.59 Å². The van der Waals surface area contributed by atoms with Crippen molar-refractivity contribution in [1.82, 2.24) is 0 Å². The van der Waals surface area contributed by atoms with Crippen LogP contribution in [-0.2, 0) is 9.59 Å². The molecule has 0 aliphatic heterocycles. The number of anilines is 2. The molecule has 0 heterocycles. The molecule has 21 heavy (non-hydrogen) atoms. The number of hydrogen-bond acceptors (Lipinski definition) is 2. The van der Waals surface area contributed by atoms with Crippen molar-refractivity contribution >= 4 is 50.7 Å². The third-order valence-corrected chi connectivity index (χ3v) is 3.46. The average Bonchev–Trinajstić information content (AvgIpc) is 2.44. The number of rotatable bonds is 4. The quantitative estimate of drug-likeness (QED) is 0.800. The molecule has 0 aromatic heterocycles. The van der Waals surface area contributed by atoms with Crippen molar-refractivity contribution < 1.29 is 9.59 Å². The van der Waals surface area contributed by atoms with Crippen LogP contribution < -0.4 is 10.6 Å². The van der Waals surface area contributed by atoms with Crippen LogP contribution in [0.2, 0.25) is 5.02 Å². The Labute approximate surface area is 135 Å². The van der Waals surface area contributed by atoms with Gasteiger partial charge in [-0.15, -0.1) is 0 Å². The smallest absolute Gasteiger partial charge is 0.233 e. The highest BCUT2D eigenvalue weighted by molar-refractivity contribution is 9.10. The molecule has 0 spiro atoms. The van der Waals surface area contributed by atoms with E-state index in [2.05, 4.69) is 26.6 Å². The van der Waals surface area contributed by atoms with Crippen LogP contribution in [0.3, 0.4) is 0 Å². The molecule has 2 aromatic carbocycles. The maximum atomic E-state index is 11.8. The molecule has 0 fully saturated rings. The van der Waals surface area contributed by atoms with Gasteiger partial charge in [0.05, 0.1) is 10.7 Å².